The number of alkyl halides is 6. The summed E-state index contributed by atoms with van der Waals surface area (Å²) in [7, 11) is 0. The molecule has 0 aliphatic carbocycles. The maximum Gasteiger partial charge on any atom is 0.428 e. The lowest BCUT2D eigenvalue weighted by Crippen LogP contribution is -2.60. The van der Waals surface area contributed by atoms with Crippen molar-refractivity contribution in [1.82, 2.24) is 0 Å². The van der Waals surface area contributed by atoms with Crippen molar-refractivity contribution in [3.05, 3.63) is 54.1 Å². The molecular formula is C22H24F6O2. The summed E-state index contributed by atoms with van der Waals surface area (Å²) in [5.41, 5.74) is -4.59. The first kappa shape index (κ1) is 24.2. The summed E-state index contributed by atoms with van der Waals surface area (Å²) in [6, 6.07) is 10.6. The van der Waals surface area contributed by atoms with Crippen molar-refractivity contribution < 1.29 is 36.2 Å². The maximum absolute atomic E-state index is 13.1. The van der Waals surface area contributed by atoms with Gasteiger partial charge in [-0.25, -0.2) is 0 Å². The van der Waals surface area contributed by atoms with Gasteiger partial charge in [-0.3, -0.25) is 0 Å². The van der Waals surface area contributed by atoms with Crippen LogP contribution in [0, 0.1) is 0 Å². The van der Waals surface area contributed by atoms with Crippen molar-refractivity contribution in [2.24, 2.45) is 0 Å². The van der Waals surface area contributed by atoms with Crippen LogP contribution in [0.25, 0.3) is 16.3 Å². The summed E-state index contributed by atoms with van der Waals surface area (Å²) in [5, 5.41) is 11.1. The smallest absolute Gasteiger partial charge is 0.372 e. The summed E-state index contributed by atoms with van der Waals surface area (Å²) in [6.07, 6.45) is -11.7. The molecule has 0 spiro atoms. The predicted octanol–water partition coefficient (Wildman–Crippen LogP) is 6.76. The molecule has 0 fully saturated rings. The van der Waals surface area contributed by atoms with E-state index in [0.29, 0.717) is 11.1 Å². The fourth-order valence-corrected chi connectivity index (χ4v) is 3.44. The molecule has 0 saturated carbocycles. The maximum atomic E-state index is 13.1. The van der Waals surface area contributed by atoms with E-state index in [9.17, 15) is 31.4 Å². The van der Waals surface area contributed by atoms with Crippen molar-refractivity contribution in [2.45, 2.75) is 57.2 Å². The molecule has 0 aliphatic heterocycles. The van der Waals surface area contributed by atoms with E-state index in [-0.39, 0.29) is 12.8 Å². The van der Waals surface area contributed by atoms with E-state index in [1.54, 1.807) is 45.0 Å². The molecule has 2 rings (SSSR count). The largest absolute Gasteiger partial charge is 0.428 e. The zero-order valence-electron chi connectivity index (χ0n) is 16.9. The van der Waals surface area contributed by atoms with Crippen molar-refractivity contribution in [2.75, 3.05) is 6.61 Å². The highest BCUT2D eigenvalue weighted by atomic mass is 19.4. The summed E-state index contributed by atoms with van der Waals surface area (Å²) in [6.45, 7) is 6.94. The number of aliphatic hydroxyl groups is 1. The fourth-order valence-electron chi connectivity index (χ4n) is 3.44. The van der Waals surface area contributed by atoms with Gasteiger partial charge in [-0.2, -0.15) is 26.3 Å². The molecule has 30 heavy (non-hydrogen) atoms. The van der Waals surface area contributed by atoms with E-state index in [2.05, 4.69) is 6.58 Å². The van der Waals surface area contributed by atoms with E-state index in [4.69, 9.17) is 4.74 Å². The number of benzene rings is 2. The van der Waals surface area contributed by atoms with Gasteiger partial charge in [0.25, 0.3) is 5.60 Å². The van der Waals surface area contributed by atoms with Gasteiger partial charge in [0.2, 0.25) is 0 Å². The van der Waals surface area contributed by atoms with Gasteiger partial charge >= 0.3 is 12.4 Å². The molecule has 8 heteroatoms. The molecule has 2 nitrogen and oxygen atoms in total. The summed E-state index contributed by atoms with van der Waals surface area (Å²) < 4.78 is 83.9. The number of fused-ring (bicyclic) bond motifs is 1. The summed E-state index contributed by atoms with van der Waals surface area (Å²) in [4.78, 5) is 0. The van der Waals surface area contributed by atoms with Crippen molar-refractivity contribution >= 4 is 16.3 Å². The second-order valence-electron chi connectivity index (χ2n) is 7.37. The highest BCUT2D eigenvalue weighted by molar-refractivity contribution is 5.93. The van der Waals surface area contributed by atoms with Gasteiger partial charge in [0, 0.05) is 0 Å². The number of rotatable bonds is 7. The Kier molecular flexibility index (Phi) is 6.64. The Morgan fingerprint density at radius 1 is 0.967 bits per heavy atom. The second kappa shape index (κ2) is 8.23. The zero-order valence-corrected chi connectivity index (χ0v) is 16.9. The van der Waals surface area contributed by atoms with Crippen LogP contribution in [-0.4, -0.2) is 29.7 Å². The first-order valence-corrected chi connectivity index (χ1v) is 9.41. The van der Waals surface area contributed by atoms with Crippen LogP contribution in [0.15, 0.2) is 43.0 Å². The Labute approximate surface area is 171 Å². The molecule has 0 heterocycles. The number of hydrogen-bond donors (Lipinski definition) is 1. The number of allylic oxidation sites excluding steroid dienone is 1. The second-order valence-corrected chi connectivity index (χ2v) is 7.37. The molecule has 0 amide bonds. The van der Waals surface area contributed by atoms with Crippen LogP contribution in [0.4, 0.5) is 26.3 Å². The topological polar surface area (TPSA) is 29.5 Å². The minimum Gasteiger partial charge on any atom is -0.372 e. The van der Waals surface area contributed by atoms with Gasteiger partial charge in [-0.05, 0) is 53.8 Å². The Morgan fingerprint density at radius 3 is 1.97 bits per heavy atom. The number of ether oxygens (including phenoxy) is 1. The average Bonchev–Trinajstić information content (AvgIpc) is 2.66. The highest BCUT2D eigenvalue weighted by Gasteiger charge is 2.71. The van der Waals surface area contributed by atoms with Gasteiger partial charge in [0.15, 0.2) is 0 Å². The molecule has 0 saturated heterocycles. The SMILES string of the molecule is C=C(C)c1cc(C(CC)(CC)OCC(O)(C(F)(F)F)C(F)(F)F)cc2ccccc12. The summed E-state index contributed by atoms with van der Waals surface area (Å²) >= 11 is 0. The van der Waals surface area contributed by atoms with Gasteiger partial charge in [-0.1, -0.05) is 50.3 Å². The van der Waals surface area contributed by atoms with E-state index < -0.39 is 30.2 Å². The number of hydrogen-bond acceptors (Lipinski definition) is 2. The monoisotopic (exact) mass is 434 g/mol. The van der Waals surface area contributed by atoms with Crippen LogP contribution in [0.2, 0.25) is 0 Å². The molecular weight excluding hydrogens is 410 g/mol. The normalized spacial score (nSPS) is 13.7. The van der Waals surface area contributed by atoms with Crippen molar-refractivity contribution in [3.63, 3.8) is 0 Å². The lowest BCUT2D eigenvalue weighted by atomic mass is 9.84. The van der Waals surface area contributed by atoms with Gasteiger partial charge in [0.1, 0.15) is 0 Å². The van der Waals surface area contributed by atoms with E-state index in [0.717, 1.165) is 16.3 Å². The van der Waals surface area contributed by atoms with E-state index in [1.165, 1.54) is 0 Å². The molecule has 0 bridgehead atoms. The molecule has 0 radical (unpaired) electrons. The molecule has 0 unspecified atom stereocenters. The fraction of sp³-hybridized carbons (Fsp3) is 0.455. The van der Waals surface area contributed by atoms with E-state index >= 15 is 0 Å². The lowest BCUT2D eigenvalue weighted by Gasteiger charge is -2.38. The average molecular weight is 434 g/mol. The molecule has 1 N–H and O–H groups in total. The predicted molar refractivity (Wildman–Crippen MR) is 104 cm³/mol. The Hall–Kier alpha value is -2.06. The molecule has 2 aromatic carbocycles. The van der Waals surface area contributed by atoms with E-state index in [1.807, 2.05) is 12.1 Å². The molecule has 0 atom stereocenters. The third-order valence-electron chi connectivity index (χ3n) is 5.49. The standard InChI is InChI=1S/C22H24F6O2/c1-5-19(6-2,30-13-20(29,21(23,24)25)22(26,27)28)16-11-15-9-7-8-10-17(15)18(12-16)14(3)4/h7-12,29H,3,5-6,13H2,1-2,4H3. The van der Waals surface area contributed by atoms with Gasteiger partial charge < -0.3 is 9.84 Å². The van der Waals surface area contributed by atoms with Crippen molar-refractivity contribution in [3.8, 4) is 0 Å². The minimum absolute atomic E-state index is 0.100. The molecule has 0 aliphatic rings. The van der Waals surface area contributed by atoms with Gasteiger partial charge in [0.05, 0.1) is 12.2 Å². The Bertz CT molecular complexity index is 896. The quantitative estimate of drug-likeness (QED) is 0.488. The first-order chi connectivity index (χ1) is 13.7. The van der Waals surface area contributed by atoms with Gasteiger partial charge in [-0.15, -0.1) is 0 Å². The van der Waals surface area contributed by atoms with Crippen LogP contribution in [0.1, 0.15) is 44.7 Å². The third-order valence-corrected chi connectivity index (χ3v) is 5.49. The minimum atomic E-state index is -5.94. The van der Waals surface area contributed by atoms with Crippen LogP contribution in [0.3, 0.4) is 0 Å². The van der Waals surface area contributed by atoms with Crippen molar-refractivity contribution in [1.29, 1.82) is 0 Å². The lowest BCUT2D eigenvalue weighted by molar-refractivity contribution is -0.383. The molecule has 0 aromatic heterocycles. The Balaban J connectivity index is 2.59. The summed E-state index contributed by atoms with van der Waals surface area (Å²) in [5.74, 6) is 0. The zero-order chi connectivity index (χ0) is 23.0. The Morgan fingerprint density at radius 2 is 1.50 bits per heavy atom. The first-order valence-electron chi connectivity index (χ1n) is 9.41. The molecule has 2 aromatic rings. The highest BCUT2D eigenvalue weighted by Crippen LogP contribution is 2.46. The number of halogens is 6. The van der Waals surface area contributed by atoms with Crippen LogP contribution < -0.4 is 0 Å². The van der Waals surface area contributed by atoms with Crippen LogP contribution in [-0.2, 0) is 10.3 Å². The third kappa shape index (κ3) is 4.21. The van der Waals surface area contributed by atoms with Crippen LogP contribution in [0.5, 0.6) is 0 Å². The molecule has 166 valence electrons. The van der Waals surface area contributed by atoms with Crippen LogP contribution >= 0.6 is 0 Å².